The predicted molar refractivity (Wildman–Crippen MR) is 79.2 cm³/mol. The highest BCUT2D eigenvalue weighted by atomic mass is 16.3. The molecule has 0 atom stereocenters. The Kier molecular flexibility index (Phi) is 4.00. The Morgan fingerprint density at radius 3 is 1.85 bits per heavy atom. The van der Waals surface area contributed by atoms with Crippen LogP contribution in [0.25, 0.3) is 0 Å². The molecule has 0 aliphatic carbocycles. The zero-order chi connectivity index (χ0) is 14.9. The van der Waals surface area contributed by atoms with Gasteiger partial charge in [-0.15, -0.1) is 0 Å². The molecule has 0 amide bonds. The van der Waals surface area contributed by atoms with E-state index in [2.05, 4.69) is 0 Å². The van der Waals surface area contributed by atoms with Crippen LogP contribution in [0, 0.1) is 20.8 Å². The van der Waals surface area contributed by atoms with Crippen LogP contribution in [0.3, 0.4) is 0 Å². The molecule has 3 heteroatoms. The van der Waals surface area contributed by atoms with Gasteiger partial charge in [-0.05, 0) is 37.5 Å². The molecule has 2 aromatic rings. The van der Waals surface area contributed by atoms with Crippen molar-refractivity contribution in [3.63, 3.8) is 0 Å². The first-order valence-corrected chi connectivity index (χ1v) is 6.63. The van der Waals surface area contributed by atoms with E-state index >= 15 is 0 Å². The summed E-state index contributed by atoms with van der Waals surface area (Å²) in [7, 11) is 0. The third-order valence-corrected chi connectivity index (χ3v) is 3.49. The lowest BCUT2D eigenvalue weighted by Crippen LogP contribution is -1.96. The number of aryl methyl sites for hydroxylation is 3. The van der Waals surface area contributed by atoms with Gasteiger partial charge < -0.3 is 15.3 Å². The van der Waals surface area contributed by atoms with E-state index in [-0.39, 0.29) is 18.1 Å². The van der Waals surface area contributed by atoms with Crippen molar-refractivity contribution in [1.29, 1.82) is 0 Å². The number of benzene rings is 2. The second kappa shape index (κ2) is 5.55. The van der Waals surface area contributed by atoms with Crippen LogP contribution in [0.5, 0.6) is 11.5 Å². The summed E-state index contributed by atoms with van der Waals surface area (Å²) in [5.41, 5.74) is 4.90. The minimum Gasteiger partial charge on any atom is -0.507 e. The van der Waals surface area contributed by atoms with E-state index < -0.39 is 0 Å². The predicted octanol–water partition coefficient (Wildman–Crippen LogP) is 3.11. The summed E-state index contributed by atoms with van der Waals surface area (Å²) >= 11 is 0. The fraction of sp³-hybridized carbons (Fsp3) is 0.294. The van der Waals surface area contributed by atoms with Gasteiger partial charge in [-0.25, -0.2) is 0 Å². The Morgan fingerprint density at radius 2 is 1.25 bits per heavy atom. The SMILES string of the molecule is Cc1cc(C)c(O)c(Cc2cc(C)cc(CO)c2O)c1. The number of phenols is 2. The number of hydrogen-bond acceptors (Lipinski definition) is 3. The first-order valence-electron chi connectivity index (χ1n) is 6.63. The van der Waals surface area contributed by atoms with Crippen molar-refractivity contribution in [1.82, 2.24) is 0 Å². The van der Waals surface area contributed by atoms with Gasteiger partial charge in [0.05, 0.1) is 6.61 Å². The molecule has 0 spiro atoms. The topological polar surface area (TPSA) is 60.7 Å². The molecule has 3 N–H and O–H groups in total. The van der Waals surface area contributed by atoms with E-state index in [9.17, 15) is 15.3 Å². The molecular weight excluding hydrogens is 252 g/mol. The van der Waals surface area contributed by atoms with Crippen LogP contribution in [0.4, 0.5) is 0 Å². The fourth-order valence-electron chi connectivity index (χ4n) is 2.58. The third-order valence-electron chi connectivity index (χ3n) is 3.49. The third kappa shape index (κ3) is 2.78. The molecule has 2 aromatic carbocycles. The summed E-state index contributed by atoms with van der Waals surface area (Å²) in [4.78, 5) is 0. The monoisotopic (exact) mass is 272 g/mol. The van der Waals surface area contributed by atoms with Gasteiger partial charge in [0.2, 0.25) is 0 Å². The van der Waals surface area contributed by atoms with Crippen molar-refractivity contribution in [3.05, 3.63) is 57.6 Å². The average Bonchev–Trinajstić information content (AvgIpc) is 2.39. The maximum absolute atomic E-state index is 10.2. The standard InChI is InChI=1S/C17H20O3/c1-10-4-12(3)16(19)13(5-10)8-14-6-11(2)7-15(9-18)17(14)20/h4-7,18-20H,8-9H2,1-3H3. The van der Waals surface area contributed by atoms with E-state index in [4.69, 9.17) is 0 Å². The number of aromatic hydroxyl groups is 2. The number of phenolic OH excluding ortho intramolecular Hbond substituents is 1. The minimum atomic E-state index is -0.195. The van der Waals surface area contributed by atoms with E-state index in [0.717, 1.165) is 22.3 Å². The molecule has 0 radical (unpaired) electrons. The van der Waals surface area contributed by atoms with Gasteiger partial charge in [0, 0.05) is 12.0 Å². The molecular formula is C17H20O3. The van der Waals surface area contributed by atoms with Crippen LogP contribution < -0.4 is 0 Å². The number of aliphatic hydroxyl groups is 1. The molecule has 0 aliphatic rings. The molecule has 0 aromatic heterocycles. The molecule has 20 heavy (non-hydrogen) atoms. The van der Waals surface area contributed by atoms with Crippen LogP contribution in [0.1, 0.15) is 33.4 Å². The van der Waals surface area contributed by atoms with E-state index in [1.54, 1.807) is 6.07 Å². The molecule has 0 saturated heterocycles. The summed E-state index contributed by atoms with van der Waals surface area (Å²) in [6.45, 7) is 5.56. The molecule has 0 fully saturated rings. The van der Waals surface area contributed by atoms with Crippen LogP contribution in [0.15, 0.2) is 24.3 Å². The number of aliphatic hydroxyl groups excluding tert-OH is 1. The lowest BCUT2D eigenvalue weighted by Gasteiger charge is -2.13. The van der Waals surface area contributed by atoms with Gasteiger partial charge in [0.15, 0.2) is 0 Å². The molecule has 3 nitrogen and oxygen atoms in total. The van der Waals surface area contributed by atoms with Crippen molar-refractivity contribution >= 4 is 0 Å². The molecule has 0 unspecified atom stereocenters. The number of rotatable bonds is 3. The highest BCUT2D eigenvalue weighted by molar-refractivity contribution is 5.50. The Morgan fingerprint density at radius 1 is 0.750 bits per heavy atom. The van der Waals surface area contributed by atoms with Crippen LogP contribution in [0.2, 0.25) is 0 Å². The van der Waals surface area contributed by atoms with Gasteiger partial charge in [0.1, 0.15) is 11.5 Å². The zero-order valence-corrected chi connectivity index (χ0v) is 12.1. The Hall–Kier alpha value is -2.00. The van der Waals surface area contributed by atoms with Crippen molar-refractivity contribution in [2.75, 3.05) is 0 Å². The van der Waals surface area contributed by atoms with Crippen molar-refractivity contribution in [3.8, 4) is 11.5 Å². The smallest absolute Gasteiger partial charge is 0.124 e. The van der Waals surface area contributed by atoms with Crippen molar-refractivity contribution in [2.24, 2.45) is 0 Å². The molecule has 0 aliphatic heterocycles. The van der Waals surface area contributed by atoms with Crippen LogP contribution >= 0.6 is 0 Å². The quantitative estimate of drug-likeness (QED) is 0.804. The second-order valence-corrected chi connectivity index (χ2v) is 5.36. The second-order valence-electron chi connectivity index (χ2n) is 5.36. The van der Waals surface area contributed by atoms with Crippen LogP contribution in [-0.2, 0) is 13.0 Å². The highest BCUT2D eigenvalue weighted by Gasteiger charge is 2.12. The van der Waals surface area contributed by atoms with Crippen molar-refractivity contribution in [2.45, 2.75) is 33.8 Å². The summed E-state index contributed by atoms with van der Waals surface area (Å²) in [6.07, 6.45) is 0.439. The summed E-state index contributed by atoms with van der Waals surface area (Å²) in [6, 6.07) is 7.49. The normalized spacial score (nSPS) is 10.8. The fourth-order valence-corrected chi connectivity index (χ4v) is 2.58. The van der Waals surface area contributed by atoms with E-state index in [1.165, 1.54) is 0 Å². The summed E-state index contributed by atoms with van der Waals surface area (Å²) in [5.74, 6) is 0.374. The van der Waals surface area contributed by atoms with E-state index in [1.807, 2.05) is 39.0 Å². The Labute approximate surface area is 119 Å². The van der Waals surface area contributed by atoms with Crippen LogP contribution in [-0.4, -0.2) is 15.3 Å². The molecule has 106 valence electrons. The summed E-state index contributed by atoms with van der Waals surface area (Å²) in [5, 5.41) is 29.6. The average molecular weight is 272 g/mol. The molecule has 0 heterocycles. The first-order chi connectivity index (χ1) is 9.42. The first kappa shape index (κ1) is 14.4. The molecule has 2 rings (SSSR count). The van der Waals surface area contributed by atoms with Gasteiger partial charge in [-0.3, -0.25) is 0 Å². The Balaban J connectivity index is 2.47. The Bertz CT molecular complexity index is 645. The van der Waals surface area contributed by atoms with Gasteiger partial charge in [0.25, 0.3) is 0 Å². The minimum absolute atomic E-state index is 0.108. The van der Waals surface area contributed by atoms with E-state index in [0.29, 0.717) is 17.5 Å². The molecule has 0 bridgehead atoms. The number of hydrogen-bond donors (Lipinski definition) is 3. The van der Waals surface area contributed by atoms with Gasteiger partial charge in [-0.1, -0.05) is 35.4 Å². The lowest BCUT2D eigenvalue weighted by atomic mass is 9.96. The van der Waals surface area contributed by atoms with Crippen molar-refractivity contribution < 1.29 is 15.3 Å². The van der Waals surface area contributed by atoms with Gasteiger partial charge in [-0.2, -0.15) is 0 Å². The molecule has 0 saturated carbocycles. The largest absolute Gasteiger partial charge is 0.507 e. The zero-order valence-electron chi connectivity index (χ0n) is 12.1. The highest BCUT2D eigenvalue weighted by Crippen LogP contribution is 2.31. The summed E-state index contributed by atoms with van der Waals surface area (Å²) < 4.78 is 0. The van der Waals surface area contributed by atoms with Gasteiger partial charge >= 0.3 is 0 Å². The maximum atomic E-state index is 10.2. The lowest BCUT2D eigenvalue weighted by molar-refractivity contribution is 0.275. The maximum Gasteiger partial charge on any atom is 0.124 e.